The summed E-state index contributed by atoms with van der Waals surface area (Å²) < 4.78 is 0. The second-order valence-electron chi connectivity index (χ2n) is 4.32. The van der Waals surface area contributed by atoms with Crippen molar-refractivity contribution in [1.29, 1.82) is 0 Å². The molecule has 0 spiro atoms. The van der Waals surface area contributed by atoms with E-state index >= 15 is 0 Å². The summed E-state index contributed by atoms with van der Waals surface area (Å²) in [5, 5.41) is 2.84. The van der Waals surface area contributed by atoms with Gasteiger partial charge in [0.2, 0.25) is 5.91 Å². The molecule has 1 aliphatic carbocycles. The van der Waals surface area contributed by atoms with Crippen molar-refractivity contribution in [1.82, 2.24) is 5.32 Å². The highest BCUT2D eigenvalue weighted by Gasteiger charge is 2.48. The number of hydrogen-bond acceptors (Lipinski definition) is 1. The van der Waals surface area contributed by atoms with E-state index in [1.165, 1.54) is 6.92 Å². The third-order valence-corrected chi connectivity index (χ3v) is 3.05. The molecule has 0 aromatic carbocycles. The van der Waals surface area contributed by atoms with Gasteiger partial charge in [0, 0.05) is 13.0 Å². The van der Waals surface area contributed by atoms with E-state index in [0.717, 1.165) is 12.0 Å². The lowest BCUT2D eigenvalue weighted by molar-refractivity contribution is -0.119. The van der Waals surface area contributed by atoms with Crippen molar-refractivity contribution >= 4 is 5.91 Å². The van der Waals surface area contributed by atoms with Crippen LogP contribution in [0.4, 0.5) is 0 Å². The van der Waals surface area contributed by atoms with Crippen LogP contribution in [-0.2, 0) is 4.79 Å². The van der Waals surface area contributed by atoms with E-state index in [1.54, 1.807) is 0 Å². The van der Waals surface area contributed by atoms with Crippen molar-refractivity contribution in [3.05, 3.63) is 34.5 Å². The number of nitrogens with zero attached hydrogens (tertiary/aromatic N) is 2. The molecule has 4 heteroatoms. The van der Waals surface area contributed by atoms with Crippen LogP contribution in [0.5, 0.6) is 0 Å². The SMILES string of the molecule is [C-]#[N+]C(CC#C)([N+]#[C-])C1=CCC(NC(C)=O)CC1. The van der Waals surface area contributed by atoms with Gasteiger partial charge in [0.25, 0.3) is 0 Å². The van der Waals surface area contributed by atoms with Gasteiger partial charge >= 0.3 is 5.66 Å². The van der Waals surface area contributed by atoms with Gasteiger partial charge in [0.1, 0.15) is 0 Å². The minimum absolute atomic E-state index is 0.0536. The standard InChI is InChI=1S/C14H15N3O/c1-5-10-14(15-3,16-4)12-6-8-13(9-7-12)17-11(2)18/h1,6,13H,7-10H2,2H3,(H,17,18). The fourth-order valence-corrected chi connectivity index (χ4v) is 2.12. The van der Waals surface area contributed by atoms with Crippen molar-refractivity contribution in [3.8, 4) is 12.3 Å². The molecular weight excluding hydrogens is 226 g/mol. The largest absolute Gasteiger partial charge is 0.516 e. The molecule has 0 bridgehead atoms. The Morgan fingerprint density at radius 2 is 2.33 bits per heavy atom. The predicted molar refractivity (Wildman–Crippen MR) is 68.9 cm³/mol. The van der Waals surface area contributed by atoms with Crippen LogP contribution >= 0.6 is 0 Å². The molecule has 1 rings (SSSR count). The Labute approximate surface area is 108 Å². The van der Waals surface area contributed by atoms with Crippen LogP contribution in [0.15, 0.2) is 11.6 Å². The molecule has 1 atom stereocenters. The summed E-state index contributed by atoms with van der Waals surface area (Å²) in [6.07, 6.45) is 9.30. The van der Waals surface area contributed by atoms with E-state index in [1.807, 2.05) is 6.08 Å². The topological polar surface area (TPSA) is 37.8 Å². The third kappa shape index (κ3) is 2.90. The van der Waals surface area contributed by atoms with Crippen LogP contribution in [-0.4, -0.2) is 17.6 Å². The summed E-state index contributed by atoms with van der Waals surface area (Å²) in [5.74, 6) is 2.36. The molecule has 0 aromatic heterocycles. The Morgan fingerprint density at radius 3 is 2.72 bits per heavy atom. The predicted octanol–water partition coefficient (Wildman–Crippen LogP) is 2.16. The quantitative estimate of drug-likeness (QED) is 0.459. The van der Waals surface area contributed by atoms with Crippen LogP contribution in [0, 0.1) is 25.5 Å². The molecule has 1 amide bonds. The van der Waals surface area contributed by atoms with Crippen molar-refractivity contribution in [3.63, 3.8) is 0 Å². The average Bonchev–Trinajstić information content (AvgIpc) is 2.36. The van der Waals surface area contributed by atoms with Crippen LogP contribution in [0.2, 0.25) is 0 Å². The molecule has 4 nitrogen and oxygen atoms in total. The van der Waals surface area contributed by atoms with E-state index in [9.17, 15) is 4.79 Å². The summed E-state index contributed by atoms with van der Waals surface area (Å²) in [6, 6.07) is 0.103. The summed E-state index contributed by atoms with van der Waals surface area (Å²) in [5.41, 5.74) is -0.428. The van der Waals surface area contributed by atoms with Crippen LogP contribution in [0.1, 0.15) is 32.6 Å². The Hall–Kier alpha value is -2.25. The van der Waals surface area contributed by atoms with Gasteiger partial charge in [-0.3, -0.25) is 4.79 Å². The highest BCUT2D eigenvalue weighted by Crippen LogP contribution is 2.34. The molecule has 1 N–H and O–H groups in total. The molecule has 92 valence electrons. The molecule has 18 heavy (non-hydrogen) atoms. The van der Waals surface area contributed by atoms with Gasteiger partial charge in [-0.25, -0.2) is 22.8 Å². The first-order valence-corrected chi connectivity index (χ1v) is 5.75. The minimum atomic E-state index is -1.23. The number of nitrogens with one attached hydrogen (secondary N) is 1. The van der Waals surface area contributed by atoms with E-state index < -0.39 is 5.66 Å². The monoisotopic (exact) mass is 241 g/mol. The molecule has 0 saturated carbocycles. The lowest BCUT2D eigenvalue weighted by Gasteiger charge is -2.23. The van der Waals surface area contributed by atoms with E-state index in [0.29, 0.717) is 12.8 Å². The molecular formula is C14H15N3O. The number of carbonyl (C=O) groups is 1. The van der Waals surface area contributed by atoms with E-state index in [4.69, 9.17) is 19.6 Å². The lowest BCUT2D eigenvalue weighted by atomic mass is 9.86. The minimum Gasteiger partial charge on any atom is -0.353 e. The fourth-order valence-electron chi connectivity index (χ4n) is 2.12. The maximum atomic E-state index is 10.9. The van der Waals surface area contributed by atoms with Gasteiger partial charge < -0.3 is 5.32 Å². The average molecular weight is 241 g/mol. The van der Waals surface area contributed by atoms with Crippen LogP contribution in [0.3, 0.4) is 0 Å². The highest BCUT2D eigenvalue weighted by molar-refractivity contribution is 5.73. The number of hydrogen-bond donors (Lipinski definition) is 1. The first-order chi connectivity index (χ1) is 8.57. The Balaban J connectivity index is 2.84. The van der Waals surface area contributed by atoms with Crippen LogP contribution in [0.25, 0.3) is 9.69 Å². The molecule has 0 saturated heterocycles. The number of carbonyl (C=O) groups excluding carboxylic acids is 1. The normalized spacial score (nSPS) is 18.8. The first-order valence-electron chi connectivity index (χ1n) is 5.75. The van der Waals surface area contributed by atoms with E-state index in [-0.39, 0.29) is 18.4 Å². The zero-order valence-corrected chi connectivity index (χ0v) is 10.4. The van der Waals surface area contributed by atoms with Crippen molar-refractivity contribution < 1.29 is 4.79 Å². The van der Waals surface area contributed by atoms with Crippen molar-refractivity contribution in [2.24, 2.45) is 0 Å². The second kappa shape index (κ2) is 5.89. The van der Waals surface area contributed by atoms with Gasteiger partial charge in [-0.15, -0.1) is 6.42 Å². The van der Waals surface area contributed by atoms with Gasteiger partial charge in [-0.2, -0.15) is 0 Å². The first kappa shape index (κ1) is 13.8. The zero-order chi connectivity index (χ0) is 13.6. The highest BCUT2D eigenvalue weighted by atomic mass is 16.1. The zero-order valence-electron chi connectivity index (χ0n) is 10.4. The van der Waals surface area contributed by atoms with Crippen molar-refractivity contribution in [2.45, 2.75) is 44.3 Å². The number of terminal acetylenes is 1. The number of amides is 1. The molecule has 0 heterocycles. The Bertz CT molecular complexity index is 471. The summed E-state index contributed by atoms with van der Waals surface area (Å²) >= 11 is 0. The van der Waals surface area contributed by atoms with Crippen molar-refractivity contribution in [2.75, 3.05) is 0 Å². The Morgan fingerprint density at radius 1 is 1.67 bits per heavy atom. The maximum absolute atomic E-state index is 10.9. The van der Waals surface area contributed by atoms with Crippen LogP contribution < -0.4 is 5.32 Å². The number of rotatable bonds is 3. The molecule has 1 aliphatic rings. The smallest absolute Gasteiger partial charge is 0.353 e. The van der Waals surface area contributed by atoms with Gasteiger partial charge in [-0.1, -0.05) is 12.0 Å². The van der Waals surface area contributed by atoms with Gasteiger partial charge in [0.15, 0.2) is 6.42 Å². The molecule has 0 aliphatic heterocycles. The second-order valence-corrected chi connectivity index (χ2v) is 4.32. The molecule has 1 unspecified atom stereocenters. The summed E-state index contributed by atoms with van der Waals surface area (Å²) in [7, 11) is 0. The maximum Gasteiger partial charge on any atom is 0.516 e. The van der Waals surface area contributed by atoms with E-state index in [2.05, 4.69) is 20.9 Å². The molecule has 0 aromatic rings. The third-order valence-electron chi connectivity index (χ3n) is 3.05. The van der Waals surface area contributed by atoms with Gasteiger partial charge in [-0.05, 0) is 19.3 Å². The summed E-state index contributed by atoms with van der Waals surface area (Å²) in [6.45, 7) is 15.9. The lowest BCUT2D eigenvalue weighted by Crippen LogP contribution is -2.36. The van der Waals surface area contributed by atoms with Gasteiger partial charge in [0.05, 0.1) is 5.57 Å². The molecule has 0 radical (unpaired) electrons. The fraction of sp³-hybridized carbons (Fsp3) is 0.500. The molecule has 0 fully saturated rings. The summed E-state index contributed by atoms with van der Waals surface area (Å²) in [4.78, 5) is 17.8. The Kier molecular flexibility index (Phi) is 4.52.